The van der Waals surface area contributed by atoms with Gasteiger partial charge in [-0.15, -0.1) is 0 Å². The molecule has 6 nitrogen and oxygen atoms in total. The van der Waals surface area contributed by atoms with Gasteiger partial charge in [-0.25, -0.2) is 4.68 Å². The van der Waals surface area contributed by atoms with E-state index in [1.165, 1.54) is 10.7 Å². The summed E-state index contributed by atoms with van der Waals surface area (Å²) in [6, 6.07) is 11.0. The van der Waals surface area contributed by atoms with Crippen LogP contribution in [0.1, 0.15) is 18.4 Å². The molecule has 1 fully saturated rings. The molecule has 1 N–H and O–H groups in total. The average Bonchev–Trinajstić information content (AvgIpc) is 2.65. The maximum Gasteiger partial charge on any atom is 0.266 e. The van der Waals surface area contributed by atoms with Gasteiger partial charge in [0.1, 0.15) is 5.82 Å². The standard InChI is InChI=1S/C19H23ClN4O2/c1-23-18(25)7-6-17(22-23)24-12-9-15(10-13-24)19(26)21-11-8-14-2-4-16(20)5-3-14/h2-7,15H,8-13H2,1H3,(H,21,26). The Morgan fingerprint density at radius 1 is 1.19 bits per heavy atom. The molecule has 1 aliphatic heterocycles. The van der Waals surface area contributed by atoms with E-state index >= 15 is 0 Å². The Kier molecular flexibility index (Phi) is 5.93. The molecule has 26 heavy (non-hydrogen) atoms. The fourth-order valence-corrected chi connectivity index (χ4v) is 3.28. The minimum absolute atomic E-state index is 0.0315. The monoisotopic (exact) mass is 374 g/mol. The Labute approximate surface area is 157 Å². The van der Waals surface area contributed by atoms with Crippen molar-refractivity contribution in [2.24, 2.45) is 13.0 Å². The number of benzene rings is 1. The number of anilines is 1. The molecule has 0 bridgehead atoms. The van der Waals surface area contributed by atoms with Gasteiger partial charge in [0.25, 0.3) is 5.56 Å². The van der Waals surface area contributed by atoms with Gasteiger partial charge in [-0.05, 0) is 43.0 Å². The molecule has 7 heteroatoms. The molecule has 1 aromatic heterocycles. The van der Waals surface area contributed by atoms with Crippen molar-refractivity contribution in [2.45, 2.75) is 19.3 Å². The van der Waals surface area contributed by atoms with Crippen LogP contribution < -0.4 is 15.8 Å². The Hall–Kier alpha value is -2.34. The van der Waals surface area contributed by atoms with Crippen molar-refractivity contribution in [2.75, 3.05) is 24.5 Å². The highest BCUT2D eigenvalue weighted by Crippen LogP contribution is 2.21. The van der Waals surface area contributed by atoms with E-state index in [9.17, 15) is 9.59 Å². The number of halogens is 1. The molecule has 0 spiro atoms. The molecule has 1 aliphatic rings. The lowest BCUT2D eigenvalue weighted by molar-refractivity contribution is -0.125. The zero-order valence-corrected chi connectivity index (χ0v) is 15.6. The Morgan fingerprint density at radius 2 is 1.88 bits per heavy atom. The Balaban J connectivity index is 1.45. The van der Waals surface area contributed by atoms with Crippen molar-refractivity contribution in [3.8, 4) is 0 Å². The quantitative estimate of drug-likeness (QED) is 0.869. The van der Waals surface area contributed by atoms with Gasteiger partial charge in [0.05, 0.1) is 0 Å². The van der Waals surface area contributed by atoms with Gasteiger partial charge in [-0.1, -0.05) is 23.7 Å². The van der Waals surface area contributed by atoms with E-state index in [-0.39, 0.29) is 17.4 Å². The number of aryl methyl sites for hydroxylation is 1. The predicted molar refractivity (Wildman–Crippen MR) is 103 cm³/mol. The lowest BCUT2D eigenvalue weighted by Gasteiger charge is -2.32. The molecule has 1 amide bonds. The molecule has 1 saturated heterocycles. The van der Waals surface area contributed by atoms with Crippen molar-refractivity contribution in [3.63, 3.8) is 0 Å². The van der Waals surface area contributed by atoms with Crippen LogP contribution in [-0.2, 0) is 18.3 Å². The first-order valence-corrected chi connectivity index (χ1v) is 9.22. The third-order valence-corrected chi connectivity index (χ3v) is 5.01. The van der Waals surface area contributed by atoms with Crippen LogP contribution >= 0.6 is 11.6 Å². The summed E-state index contributed by atoms with van der Waals surface area (Å²) < 4.78 is 1.34. The van der Waals surface area contributed by atoms with Crippen molar-refractivity contribution in [3.05, 3.63) is 57.3 Å². The van der Waals surface area contributed by atoms with Crippen LogP contribution in [0.5, 0.6) is 0 Å². The van der Waals surface area contributed by atoms with E-state index in [2.05, 4.69) is 15.3 Å². The van der Waals surface area contributed by atoms with Gasteiger partial charge in [0, 0.05) is 43.7 Å². The highest BCUT2D eigenvalue weighted by Gasteiger charge is 2.25. The summed E-state index contributed by atoms with van der Waals surface area (Å²) in [7, 11) is 1.65. The number of piperidine rings is 1. The maximum atomic E-state index is 12.4. The molecule has 0 saturated carbocycles. The summed E-state index contributed by atoms with van der Waals surface area (Å²) in [5.74, 6) is 0.935. The number of hydrogen-bond acceptors (Lipinski definition) is 4. The number of hydrogen-bond donors (Lipinski definition) is 1. The first-order valence-electron chi connectivity index (χ1n) is 8.84. The summed E-state index contributed by atoms with van der Waals surface area (Å²) in [6.07, 6.45) is 2.37. The van der Waals surface area contributed by atoms with Crippen LogP contribution in [0.3, 0.4) is 0 Å². The molecule has 2 aromatic rings. The first-order chi connectivity index (χ1) is 12.5. The van der Waals surface area contributed by atoms with Crippen LogP contribution in [0.4, 0.5) is 5.82 Å². The summed E-state index contributed by atoms with van der Waals surface area (Å²) in [4.78, 5) is 25.9. The molecule has 0 unspecified atom stereocenters. The van der Waals surface area contributed by atoms with E-state index in [0.717, 1.165) is 48.8 Å². The number of nitrogens with zero attached hydrogens (tertiary/aromatic N) is 3. The van der Waals surface area contributed by atoms with Gasteiger partial charge in [0.2, 0.25) is 5.91 Å². The highest BCUT2D eigenvalue weighted by atomic mass is 35.5. The van der Waals surface area contributed by atoms with Crippen LogP contribution in [0.25, 0.3) is 0 Å². The first kappa shape index (κ1) is 18.5. The molecule has 2 heterocycles. The molecule has 1 aromatic carbocycles. The Bertz CT molecular complexity index is 811. The van der Waals surface area contributed by atoms with Crippen LogP contribution in [0, 0.1) is 5.92 Å². The average molecular weight is 375 g/mol. The van der Waals surface area contributed by atoms with Crippen molar-refractivity contribution >= 4 is 23.3 Å². The van der Waals surface area contributed by atoms with Crippen molar-refractivity contribution < 1.29 is 4.79 Å². The van der Waals surface area contributed by atoms with Crippen molar-refractivity contribution in [1.82, 2.24) is 15.1 Å². The van der Waals surface area contributed by atoms with E-state index in [4.69, 9.17) is 11.6 Å². The van der Waals surface area contributed by atoms with Crippen molar-refractivity contribution in [1.29, 1.82) is 0 Å². The fraction of sp³-hybridized carbons (Fsp3) is 0.421. The third-order valence-electron chi connectivity index (χ3n) is 4.76. The number of aromatic nitrogens is 2. The van der Waals surface area contributed by atoms with Gasteiger partial charge in [-0.2, -0.15) is 5.10 Å². The second-order valence-corrected chi connectivity index (χ2v) is 7.02. The second-order valence-electron chi connectivity index (χ2n) is 6.58. The number of amides is 1. The predicted octanol–water partition coefficient (Wildman–Crippen LogP) is 2.01. The molecule has 138 valence electrons. The van der Waals surface area contributed by atoms with Gasteiger partial charge in [0.15, 0.2) is 0 Å². The van der Waals surface area contributed by atoms with E-state index in [1.54, 1.807) is 13.1 Å². The second kappa shape index (κ2) is 8.36. The molecule has 0 atom stereocenters. The zero-order chi connectivity index (χ0) is 18.5. The maximum absolute atomic E-state index is 12.4. The molecular formula is C19H23ClN4O2. The third kappa shape index (κ3) is 4.64. The van der Waals surface area contributed by atoms with E-state index in [0.29, 0.717) is 6.54 Å². The number of carbonyl (C=O) groups excluding carboxylic acids is 1. The summed E-state index contributed by atoms with van der Waals surface area (Å²) in [5, 5.41) is 8.03. The lowest BCUT2D eigenvalue weighted by Crippen LogP contribution is -2.41. The van der Waals surface area contributed by atoms with Gasteiger partial charge in [-0.3, -0.25) is 9.59 Å². The van der Waals surface area contributed by atoms with Crippen LogP contribution in [0.15, 0.2) is 41.2 Å². The van der Waals surface area contributed by atoms with Gasteiger partial charge < -0.3 is 10.2 Å². The molecule has 0 aliphatic carbocycles. The number of rotatable bonds is 5. The highest BCUT2D eigenvalue weighted by molar-refractivity contribution is 6.30. The minimum atomic E-state index is -0.122. The van der Waals surface area contributed by atoms with Crippen LogP contribution in [-0.4, -0.2) is 35.3 Å². The van der Waals surface area contributed by atoms with Gasteiger partial charge >= 0.3 is 0 Å². The smallest absolute Gasteiger partial charge is 0.266 e. The SMILES string of the molecule is Cn1nc(N2CCC(C(=O)NCCc3ccc(Cl)cc3)CC2)ccc1=O. The topological polar surface area (TPSA) is 67.2 Å². The summed E-state index contributed by atoms with van der Waals surface area (Å²) in [5.41, 5.74) is 1.04. The fourth-order valence-electron chi connectivity index (χ4n) is 3.15. The lowest BCUT2D eigenvalue weighted by atomic mass is 9.96. The van der Waals surface area contributed by atoms with E-state index in [1.807, 2.05) is 24.3 Å². The molecule has 0 radical (unpaired) electrons. The Morgan fingerprint density at radius 3 is 2.54 bits per heavy atom. The largest absolute Gasteiger partial charge is 0.356 e. The summed E-state index contributed by atoms with van der Waals surface area (Å²) >= 11 is 5.88. The minimum Gasteiger partial charge on any atom is -0.356 e. The molecule has 3 rings (SSSR count). The number of carbonyl (C=O) groups is 1. The molecular weight excluding hydrogens is 352 g/mol. The normalized spacial score (nSPS) is 15.1. The van der Waals surface area contributed by atoms with Crippen LogP contribution in [0.2, 0.25) is 5.02 Å². The zero-order valence-electron chi connectivity index (χ0n) is 14.8. The number of nitrogens with one attached hydrogen (secondary N) is 1. The summed E-state index contributed by atoms with van der Waals surface area (Å²) in [6.45, 7) is 2.16. The van der Waals surface area contributed by atoms with E-state index < -0.39 is 0 Å².